The van der Waals surface area contributed by atoms with Gasteiger partial charge in [-0.15, -0.1) is 0 Å². The maximum Gasteiger partial charge on any atom is 0.211 e. The number of nitrogens with zero attached hydrogens (tertiary/aromatic N) is 1. The highest BCUT2D eigenvalue weighted by atomic mass is 16.5. The summed E-state index contributed by atoms with van der Waals surface area (Å²) in [7, 11) is 1.67. The molecule has 6 nitrogen and oxygen atoms in total. The van der Waals surface area contributed by atoms with Gasteiger partial charge in [-0.2, -0.15) is 0 Å². The van der Waals surface area contributed by atoms with Crippen molar-refractivity contribution in [3.63, 3.8) is 0 Å². The van der Waals surface area contributed by atoms with E-state index in [4.69, 9.17) is 9.47 Å². The molecule has 1 saturated heterocycles. The number of rotatable bonds is 7. The number of carbonyl (C=O) groups excluding carboxylic acids is 1. The summed E-state index contributed by atoms with van der Waals surface area (Å²) in [5.41, 5.74) is 2.13. The maximum absolute atomic E-state index is 10.7. The quantitative estimate of drug-likeness (QED) is 0.562. The van der Waals surface area contributed by atoms with Crippen molar-refractivity contribution in [3.05, 3.63) is 53.6 Å². The van der Waals surface area contributed by atoms with Crippen molar-refractivity contribution < 1.29 is 19.4 Å². The highest BCUT2D eigenvalue weighted by molar-refractivity contribution is 5.75. The first-order valence-electron chi connectivity index (χ1n) is 9.44. The maximum atomic E-state index is 10.7. The van der Waals surface area contributed by atoms with Crippen LogP contribution in [0.15, 0.2) is 42.5 Å². The number of methoxy groups -OCH3 is 1. The molecule has 0 spiro atoms. The highest BCUT2D eigenvalue weighted by Gasteiger charge is 2.42. The van der Waals surface area contributed by atoms with E-state index in [1.54, 1.807) is 19.2 Å². The first-order chi connectivity index (χ1) is 13.3. The SMILES string of the molecule is COc1ccc(C[C@@H](C)N2C[C@@H](c3ccc(O)c(NC=O)c3)OC2(C)C)cc1. The minimum Gasteiger partial charge on any atom is -0.506 e. The number of hydrogen-bond acceptors (Lipinski definition) is 5. The molecular formula is C22H28N2O4. The van der Waals surface area contributed by atoms with Crippen molar-refractivity contribution >= 4 is 12.1 Å². The fourth-order valence-corrected chi connectivity index (χ4v) is 3.88. The lowest BCUT2D eigenvalue weighted by atomic mass is 10.0. The van der Waals surface area contributed by atoms with Crippen LogP contribution in [-0.2, 0) is 16.0 Å². The standard InChI is InChI=1S/C22H28N2O4/c1-15(11-16-5-8-18(27-4)9-6-16)24-13-21(28-22(24,2)3)17-7-10-20(26)19(12-17)23-14-25/h5-10,12,14-15,21,26H,11,13H2,1-4H3,(H,23,25)/t15-,21+/m1/s1. The van der Waals surface area contributed by atoms with Gasteiger partial charge in [0.15, 0.2) is 0 Å². The molecule has 150 valence electrons. The van der Waals surface area contributed by atoms with Crippen LogP contribution in [0.25, 0.3) is 0 Å². The molecule has 1 aliphatic heterocycles. The third kappa shape index (κ3) is 4.29. The van der Waals surface area contributed by atoms with Crippen LogP contribution >= 0.6 is 0 Å². The van der Waals surface area contributed by atoms with E-state index in [1.807, 2.05) is 18.2 Å². The largest absolute Gasteiger partial charge is 0.506 e. The smallest absolute Gasteiger partial charge is 0.211 e. The molecule has 2 atom stereocenters. The summed E-state index contributed by atoms with van der Waals surface area (Å²) in [5.74, 6) is 0.895. The summed E-state index contributed by atoms with van der Waals surface area (Å²) in [4.78, 5) is 13.1. The van der Waals surface area contributed by atoms with Crippen LogP contribution < -0.4 is 10.1 Å². The number of anilines is 1. The Bertz CT molecular complexity index is 820. The molecule has 3 rings (SSSR count). The van der Waals surface area contributed by atoms with E-state index in [9.17, 15) is 9.90 Å². The lowest BCUT2D eigenvalue weighted by Gasteiger charge is -2.35. The number of phenols is 1. The minimum absolute atomic E-state index is 0.0397. The summed E-state index contributed by atoms with van der Waals surface area (Å²) < 4.78 is 11.6. The van der Waals surface area contributed by atoms with Crippen LogP contribution in [-0.4, -0.2) is 41.8 Å². The minimum atomic E-state index is -0.424. The number of ether oxygens (including phenoxy) is 2. The molecule has 0 radical (unpaired) electrons. The molecule has 0 saturated carbocycles. The Morgan fingerprint density at radius 3 is 2.68 bits per heavy atom. The fraction of sp³-hybridized carbons (Fsp3) is 0.409. The number of hydrogen-bond donors (Lipinski definition) is 2. The second kappa shape index (κ2) is 8.20. The summed E-state index contributed by atoms with van der Waals surface area (Å²) in [6.07, 6.45) is 1.32. The Morgan fingerprint density at radius 2 is 2.04 bits per heavy atom. The van der Waals surface area contributed by atoms with Crippen molar-refractivity contribution in [2.75, 3.05) is 19.0 Å². The van der Waals surface area contributed by atoms with E-state index in [0.717, 1.165) is 24.3 Å². The lowest BCUT2D eigenvalue weighted by molar-refractivity contribution is -0.105. The van der Waals surface area contributed by atoms with Crippen LogP contribution in [0.4, 0.5) is 5.69 Å². The van der Waals surface area contributed by atoms with E-state index in [0.29, 0.717) is 12.1 Å². The Hall–Kier alpha value is -2.57. The molecule has 0 aliphatic carbocycles. The Balaban J connectivity index is 1.74. The Labute approximate surface area is 166 Å². The average molecular weight is 384 g/mol. The first kappa shape index (κ1) is 20.2. The molecule has 2 aromatic carbocycles. The third-order valence-corrected chi connectivity index (χ3v) is 5.31. The third-order valence-electron chi connectivity index (χ3n) is 5.31. The zero-order valence-electron chi connectivity index (χ0n) is 16.8. The summed E-state index contributed by atoms with van der Waals surface area (Å²) in [6, 6.07) is 13.6. The average Bonchev–Trinajstić information content (AvgIpc) is 2.99. The number of nitrogens with one attached hydrogen (secondary N) is 1. The summed E-state index contributed by atoms with van der Waals surface area (Å²) >= 11 is 0. The topological polar surface area (TPSA) is 71.0 Å². The van der Waals surface area contributed by atoms with E-state index < -0.39 is 5.72 Å². The molecule has 6 heteroatoms. The van der Waals surface area contributed by atoms with Gasteiger partial charge in [-0.25, -0.2) is 0 Å². The molecule has 2 aromatic rings. The molecule has 1 amide bonds. The van der Waals surface area contributed by atoms with Crippen LogP contribution in [0.3, 0.4) is 0 Å². The fourth-order valence-electron chi connectivity index (χ4n) is 3.88. The molecule has 2 N–H and O–H groups in total. The van der Waals surface area contributed by atoms with Crippen LogP contribution in [0.5, 0.6) is 11.5 Å². The van der Waals surface area contributed by atoms with Crippen LogP contribution in [0.1, 0.15) is 38.0 Å². The van der Waals surface area contributed by atoms with Gasteiger partial charge in [0.25, 0.3) is 0 Å². The van der Waals surface area contributed by atoms with Gasteiger partial charge in [-0.05, 0) is 62.6 Å². The zero-order valence-corrected chi connectivity index (χ0v) is 16.8. The van der Waals surface area contributed by atoms with Crippen LogP contribution in [0, 0.1) is 0 Å². The summed E-state index contributed by atoms with van der Waals surface area (Å²) in [6.45, 7) is 7.08. The van der Waals surface area contributed by atoms with Gasteiger partial charge < -0.3 is 19.9 Å². The molecule has 0 unspecified atom stereocenters. The number of carbonyl (C=O) groups is 1. The van der Waals surface area contributed by atoms with Gasteiger partial charge in [-0.1, -0.05) is 18.2 Å². The van der Waals surface area contributed by atoms with Gasteiger partial charge in [0.1, 0.15) is 17.2 Å². The van der Waals surface area contributed by atoms with Crippen molar-refractivity contribution in [3.8, 4) is 11.5 Å². The van der Waals surface area contributed by atoms with Crippen molar-refractivity contribution in [2.24, 2.45) is 0 Å². The molecule has 28 heavy (non-hydrogen) atoms. The Kier molecular flexibility index (Phi) is 5.91. The molecule has 1 fully saturated rings. The predicted octanol–water partition coefficient (Wildman–Crippen LogP) is 3.71. The van der Waals surface area contributed by atoms with Gasteiger partial charge in [0.05, 0.1) is 18.9 Å². The van der Waals surface area contributed by atoms with Gasteiger partial charge in [0.2, 0.25) is 6.41 Å². The van der Waals surface area contributed by atoms with E-state index in [1.165, 1.54) is 5.56 Å². The molecule has 1 heterocycles. The van der Waals surface area contributed by atoms with E-state index >= 15 is 0 Å². The number of phenolic OH excluding ortho intramolecular Hbond substituents is 1. The van der Waals surface area contributed by atoms with Crippen molar-refractivity contribution in [1.82, 2.24) is 4.90 Å². The van der Waals surface area contributed by atoms with Gasteiger partial charge >= 0.3 is 0 Å². The lowest BCUT2D eigenvalue weighted by Crippen LogP contribution is -2.45. The van der Waals surface area contributed by atoms with Crippen molar-refractivity contribution in [1.29, 1.82) is 0 Å². The van der Waals surface area contributed by atoms with E-state index in [-0.39, 0.29) is 17.9 Å². The first-order valence-corrected chi connectivity index (χ1v) is 9.44. The van der Waals surface area contributed by atoms with Crippen molar-refractivity contribution in [2.45, 2.75) is 45.1 Å². The zero-order chi connectivity index (χ0) is 20.3. The van der Waals surface area contributed by atoms with Gasteiger partial charge in [0, 0.05) is 12.6 Å². The number of benzene rings is 2. The highest BCUT2D eigenvalue weighted by Crippen LogP contribution is 2.39. The van der Waals surface area contributed by atoms with Gasteiger partial charge in [-0.3, -0.25) is 9.69 Å². The number of amides is 1. The molecular weight excluding hydrogens is 356 g/mol. The van der Waals surface area contributed by atoms with Crippen LogP contribution in [0.2, 0.25) is 0 Å². The second-order valence-electron chi connectivity index (χ2n) is 7.65. The number of aromatic hydroxyl groups is 1. The monoisotopic (exact) mass is 384 g/mol. The predicted molar refractivity (Wildman–Crippen MR) is 109 cm³/mol. The summed E-state index contributed by atoms with van der Waals surface area (Å²) in [5, 5.41) is 12.4. The Morgan fingerprint density at radius 1 is 1.32 bits per heavy atom. The van der Waals surface area contributed by atoms with E-state index in [2.05, 4.69) is 43.1 Å². The second-order valence-corrected chi connectivity index (χ2v) is 7.65. The normalized spacial score (nSPS) is 19.9. The molecule has 0 bridgehead atoms. The molecule has 0 aromatic heterocycles. The molecule has 1 aliphatic rings.